The lowest BCUT2D eigenvalue weighted by Gasteiger charge is -2.27. The summed E-state index contributed by atoms with van der Waals surface area (Å²) >= 11 is 5.96. The van der Waals surface area contributed by atoms with E-state index in [1.807, 2.05) is 31.2 Å². The zero-order valence-electron chi connectivity index (χ0n) is 14.2. The van der Waals surface area contributed by atoms with Gasteiger partial charge in [-0.15, -0.1) is 0 Å². The van der Waals surface area contributed by atoms with E-state index in [1.54, 1.807) is 11.9 Å². The van der Waals surface area contributed by atoms with E-state index in [0.29, 0.717) is 11.0 Å². The Balaban J connectivity index is 1.74. The summed E-state index contributed by atoms with van der Waals surface area (Å²) in [4.78, 5) is 18.6. The third-order valence-electron chi connectivity index (χ3n) is 4.83. The van der Waals surface area contributed by atoms with E-state index in [0.717, 1.165) is 18.4 Å². The van der Waals surface area contributed by atoms with Crippen molar-refractivity contribution < 1.29 is 9.53 Å². The van der Waals surface area contributed by atoms with Crippen LogP contribution in [0.5, 0.6) is 0 Å². The maximum absolute atomic E-state index is 12.8. The summed E-state index contributed by atoms with van der Waals surface area (Å²) in [5, 5.41) is 3.82. The first kappa shape index (κ1) is 17.1. The molecule has 2 unspecified atom stereocenters. The molecule has 24 heavy (non-hydrogen) atoms. The fraction of sp³-hybridized carbons (Fsp3) is 0.556. The molecule has 2 aliphatic rings. The minimum absolute atomic E-state index is 0.119. The van der Waals surface area contributed by atoms with Gasteiger partial charge < -0.3 is 10.1 Å². The van der Waals surface area contributed by atoms with Crippen molar-refractivity contribution in [3.05, 3.63) is 34.9 Å². The molecule has 2 fully saturated rings. The topological polar surface area (TPSA) is 53.9 Å². The molecule has 130 valence electrons. The molecule has 0 aromatic heterocycles. The first-order chi connectivity index (χ1) is 11.6. The summed E-state index contributed by atoms with van der Waals surface area (Å²) < 4.78 is 5.94. The van der Waals surface area contributed by atoms with Gasteiger partial charge >= 0.3 is 6.03 Å². The number of urea groups is 1. The van der Waals surface area contributed by atoms with E-state index >= 15 is 0 Å². The number of aliphatic imine (C=N–C) groups is 1. The molecule has 3 rings (SSSR count). The van der Waals surface area contributed by atoms with Gasteiger partial charge in [-0.25, -0.2) is 14.7 Å². The van der Waals surface area contributed by atoms with Gasteiger partial charge in [0.25, 0.3) is 6.02 Å². The van der Waals surface area contributed by atoms with Crippen LogP contribution in [0.25, 0.3) is 0 Å². The summed E-state index contributed by atoms with van der Waals surface area (Å²) in [6.45, 7) is 1.98. The molecule has 0 spiro atoms. The Hall–Kier alpha value is -1.75. The first-order valence-electron chi connectivity index (χ1n) is 8.59. The molecule has 2 amide bonds. The van der Waals surface area contributed by atoms with Crippen LogP contribution in [0, 0.1) is 0 Å². The highest BCUT2D eigenvalue weighted by atomic mass is 35.5. The Morgan fingerprint density at radius 2 is 1.92 bits per heavy atom. The zero-order valence-corrected chi connectivity index (χ0v) is 14.9. The monoisotopic (exact) mass is 349 g/mol. The second-order valence-electron chi connectivity index (χ2n) is 6.49. The van der Waals surface area contributed by atoms with Crippen molar-refractivity contribution in [2.24, 2.45) is 4.99 Å². The summed E-state index contributed by atoms with van der Waals surface area (Å²) in [5.74, 6) is 0. The first-order valence-corrected chi connectivity index (χ1v) is 8.96. The molecular formula is C18H24ClN3O2. The Bertz CT molecular complexity index is 611. The van der Waals surface area contributed by atoms with Gasteiger partial charge in [0.05, 0.1) is 6.04 Å². The number of hydrogen-bond acceptors (Lipinski definition) is 3. The van der Waals surface area contributed by atoms with E-state index in [1.165, 1.54) is 19.3 Å². The number of hydrogen-bond donors (Lipinski definition) is 1. The number of amidine groups is 1. The van der Waals surface area contributed by atoms with Crippen LogP contribution < -0.4 is 5.32 Å². The molecule has 1 aliphatic carbocycles. The molecular weight excluding hydrogens is 326 g/mol. The van der Waals surface area contributed by atoms with Crippen molar-refractivity contribution in [3.63, 3.8) is 0 Å². The van der Waals surface area contributed by atoms with Gasteiger partial charge in [0.1, 0.15) is 6.10 Å². The number of carbonyl (C=O) groups is 1. The van der Waals surface area contributed by atoms with E-state index in [2.05, 4.69) is 10.3 Å². The van der Waals surface area contributed by atoms with Crippen LogP contribution in [0.2, 0.25) is 5.02 Å². The lowest BCUT2D eigenvalue weighted by atomic mass is 9.96. The number of rotatable bonds is 2. The lowest BCUT2D eigenvalue weighted by molar-refractivity contribution is 0.188. The van der Waals surface area contributed by atoms with Gasteiger partial charge in [0, 0.05) is 18.1 Å². The predicted molar refractivity (Wildman–Crippen MR) is 95.3 cm³/mol. The van der Waals surface area contributed by atoms with Crippen LogP contribution in [-0.2, 0) is 4.74 Å². The molecule has 1 aliphatic heterocycles. The van der Waals surface area contributed by atoms with Gasteiger partial charge in [0.2, 0.25) is 0 Å². The molecule has 1 saturated carbocycles. The minimum atomic E-state index is -0.238. The van der Waals surface area contributed by atoms with Gasteiger partial charge in [-0.1, -0.05) is 43.0 Å². The van der Waals surface area contributed by atoms with Crippen molar-refractivity contribution >= 4 is 23.7 Å². The summed E-state index contributed by atoms with van der Waals surface area (Å²) in [5.41, 5.74) is 0.987. The standard InChI is InChI=1S/C18H24ClN3O2/c1-12-16(13-8-10-14(19)11-9-13)24-18(20-2)22(12)17(23)21-15-6-4-3-5-7-15/h8-12,15-16H,3-7H2,1-2H3,(H,21,23)/b20-18+. The molecule has 1 aromatic carbocycles. The molecule has 1 N–H and O–H groups in total. The molecule has 1 aromatic rings. The number of halogens is 1. The second kappa shape index (κ2) is 7.43. The maximum Gasteiger partial charge on any atom is 0.326 e. The van der Waals surface area contributed by atoms with Crippen molar-refractivity contribution in [2.75, 3.05) is 7.05 Å². The SMILES string of the molecule is C/N=C1/OC(c2ccc(Cl)cc2)C(C)N1C(=O)NC1CCCCC1. The van der Waals surface area contributed by atoms with Crippen LogP contribution in [0.1, 0.15) is 50.7 Å². The van der Waals surface area contributed by atoms with E-state index in [-0.39, 0.29) is 24.2 Å². The summed E-state index contributed by atoms with van der Waals surface area (Å²) in [6, 6.07) is 7.90. The van der Waals surface area contributed by atoms with Crippen molar-refractivity contribution in [1.82, 2.24) is 10.2 Å². The highest BCUT2D eigenvalue weighted by molar-refractivity contribution is 6.30. The quantitative estimate of drug-likeness (QED) is 0.872. The smallest absolute Gasteiger partial charge is 0.326 e. The number of benzene rings is 1. The number of ether oxygens (including phenoxy) is 1. The molecule has 1 heterocycles. The molecule has 1 saturated heterocycles. The number of carbonyl (C=O) groups excluding carboxylic acids is 1. The predicted octanol–water partition coefficient (Wildman–Crippen LogP) is 4.13. The number of nitrogens with one attached hydrogen (secondary N) is 1. The molecule has 0 radical (unpaired) electrons. The Morgan fingerprint density at radius 3 is 2.54 bits per heavy atom. The Kier molecular flexibility index (Phi) is 5.29. The average Bonchev–Trinajstić information content (AvgIpc) is 2.93. The van der Waals surface area contributed by atoms with E-state index in [4.69, 9.17) is 16.3 Å². The summed E-state index contributed by atoms with van der Waals surface area (Å²) in [6.07, 6.45) is 5.48. The highest BCUT2D eigenvalue weighted by Crippen LogP contribution is 2.33. The van der Waals surface area contributed by atoms with Crippen LogP contribution in [0.4, 0.5) is 4.79 Å². The lowest BCUT2D eigenvalue weighted by Crippen LogP contribution is -2.49. The number of nitrogens with zero attached hydrogens (tertiary/aromatic N) is 2. The van der Waals surface area contributed by atoms with Gasteiger partial charge in [-0.2, -0.15) is 0 Å². The van der Waals surface area contributed by atoms with Crippen molar-refractivity contribution in [1.29, 1.82) is 0 Å². The van der Waals surface area contributed by atoms with Gasteiger partial charge in [-0.3, -0.25) is 0 Å². The van der Waals surface area contributed by atoms with E-state index < -0.39 is 0 Å². The van der Waals surface area contributed by atoms with E-state index in [9.17, 15) is 4.79 Å². The minimum Gasteiger partial charge on any atom is -0.454 e. The van der Waals surface area contributed by atoms with Crippen LogP contribution >= 0.6 is 11.6 Å². The molecule has 6 heteroatoms. The van der Waals surface area contributed by atoms with Crippen LogP contribution in [-0.4, -0.2) is 36.1 Å². The third kappa shape index (κ3) is 3.51. The highest BCUT2D eigenvalue weighted by Gasteiger charge is 2.42. The Labute approximate surface area is 148 Å². The summed E-state index contributed by atoms with van der Waals surface area (Å²) in [7, 11) is 1.65. The third-order valence-corrected chi connectivity index (χ3v) is 5.08. The van der Waals surface area contributed by atoms with Gasteiger partial charge in [0.15, 0.2) is 0 Å². The number of amides is 2. The Morgan fingerprint density at radius 1 is 1.25 bits per heavy atom. The largest absolute Gasteiger partial charge is 0.454 e. The fourth-order valence-corrected chi connectivity index (χ4v) is 3.63. The average molecular weight is 350 g/mol. The zero-order chi connectivity index (χ0) is 17.1. The molecule has 2 atom stereocenters. The van der Waals surface area contributed by atoms with Gasteiger partial charge in [-0.05, 0) is 37.5 Å². The molecule has 0 bridgehead atoms. The molecule has 5 nitrogen and oxygen atoms in total. The normalized spacial score (nSPS) is 26.5. The maximum atomic E-state index is 12.8. The van der Waals surface area contributed by atoms with Crippen molar-refractivity contribution in [2.45, 2.75) is 57.2 Å². The van der Waals surface area contributed by atoms with Crippen molar-refractivity contribution in [3.8, 4) is 0 Å². The van der Waals surface area contributed by atoms with Crippen LogP contribution in [0.3, 0.4) is 0 Å². The van der Waals surface area contributed by atoms with Crippen LogP contribution in [0.15, 0.2) is 29.3 Å². The fourth-order valence-electron chi connectivity index (χ4n) is 3.50. The second-order valence-corrected chi connectivity index (χ2v) is 6.93.